The molecule has 1 aliphatic heterocycles. The fourth-order valence-electron chi connectivity index (χ4n) is 2.66. The van der Waals surface area contributed by atoms with Gasteiger partial charge in [0, 0.05) is 13.1 Å². The van der Waals surface area contributed by atoms with Crippen LogP contribution in [0.4, 0.5) is 5.82 Å². The van der Waals surface area contributed by atoms with Gasteiger partial charge >= 0.3 is 0 Å². The standard InChI is InChI=1S/C11H16N6/c1-8-5-9(2)7-16(6-8)11-4-3-10-12-14-15-17(10)13-11/h3-4,8-9H,5-7H2,1-2H3/t8-,9+. The summed E-state index contributed by atoms with van der Waals surface area (Å²) in [6.07, 6.45) is 1.30. The Kier molecular flexibility index (Phi) is 2.42. The lowest BCUT2D eigenvalue weighted by Crippen LogP contribution is -2.39. The Morgan fingerprint density at radius 2 is 1.94 bits per heavy atom. The third-order valence-corrected chi connectivity index (χ3v) is 3.25. The van der Waals surface area contributed by atoms with Gasteiger partial charge in [0.25, 0.3) is 0 Å². The van der Waals surface area contributed by atoms with Crippen molar-refractivity contribution < 1.29 is 0 Å². The molecule has 0 unspecified atom stereocenters. The van der Waals surface area contributed by atoms with Crippen LogP contribution in [0.25, 0.3) is 5.65 Å². The van der Waals surface area contributed by atoms with Crippen LogP contribution < -0.4 is 4.90 Å². The maximum absolute atomic E-state index is 4.43. The summed E-state index contributed by atoms with van der Waals surface area (Å²) in [5.74, 6) is 2.39. The van der Waals surface area contributed by atoms with Crippen molar-refractivity contribution in [2.75, 3.05) is 18.0 Å². The second-order valence-corrected chi connectivity index (χ2v) is 5.07. The molecule has 0 spiro atoms. The maximum atomic E-state index is 4.43. The number of hydrogen-bond acceptors (Lipinski definition) is 5. The number of rotatable bonds is 1. The molecule has 0 bridgehead atoms. The molecule has 1 saturated heterocycles. The first-order chi connectivity index (χ1) is 8.22. The van der Waals surface area contributed by atoms with Crippen LogP contribution in [-0.4, -0.2) is 38.3 Å². The Balaban J connectivity index is 1.91. The van der Waals surface area contributed by atoms with E-state index in [1.54, 1.807) is 0 Å². The highest BCUT2D eigenvalue weighted by atomic mass is 15.6. The lowest BCUT2D eigenvalue weighted by Gasteiger charge is -2.35. The number of aromatic nitrogens is 5. The molecule has 2 aromatic heterocycles. The van der Waals surface area contributed by atoms with E-state index in [9.17, 15) is 0 Å². The summed E-state index contributed by atoms with van der Waals surface area (Å²) in [6, 6.07) is 3.91. The molecule has 17 heavy (non-hydrogen) atoms. The molecule has 1 fully saturated rings. The van der Waals surface area contributed by atoms with E-state index in [1.165, 1.54) is 11.1 Å². The normalized spacial score (nSPS) is 25.4. The average molecular weight is 232 g/mol. The van der Waals surface area contributed by atoms with Gasteiger partial charge in [0.15, 0.2) is 11.5 Å². The van der Waals surface area contributed by atoms with E-state index in [1.807, 2.05) is 12.1 Å². The zero-order chi connectivity index (χ0) is 11.8. The molecule has 0 N–H and O–H groups in total. The highest BCUT2D eigenvalue weighted by Gasteiger charge is 2.23. The quantitative estimate of drug-likeness (QED) is 0.734. The lowest BCUT2D eigenvalue weighted by atomic mass is 9.92. The third kappa shape index (κ3) is 1.94. The molecule has 90 valence electrons. The summed E-state index contributed by atoms with van der Waals surface area (Å²) in [5.41, 5.74) is 0.687. The molecule has 3 rings (SSSR count). The van der Waals surface area contributed by atoms with Gasteiger partial charge in [-0.3, -0.25) is 0 Å². The summed E-state index contributed by atoms with van der Waals surface area (Å²) in [6.45, 7) is 6.70. The summed E-state index contributed by atoms with van der Waals surface area (Å²) < 4.78 is 1.49. The summed E-state index contributed by atoms with van der Waals surface area (Å²) >= 11 is 0. The molecule has 0 aliphatic carbocycles. The number of nitrogens with zero attached hydrogens (tertiary/aromatic N) is 6. The Hall–Kier alpha value is -1.72. The molecular weight excluding hydrogens is 216 g/mol. The fourth-order valence-corrected chi connectivity index (χ4v) is 2.66. The van der Waals surface area contributed by atoms with E-state index in [2.05, 4.69) is 39.4 Å². The molecule has 6 heteroatoms. The predicted octanol–water partition coefficient (Wildman–Crippen LogP) is 1.00. The monoisotopic (exact) mass is 232 g/mol. The summed E-state index contributed by atoms with van der Waals surface area (Å²) in [5, 5.41) is 15.7. The molecule has 6 nitrogen and oxygen atoms in total. The zero-order valence-electron chi connectivity index (χ0n) is 10.1. The van der Waals surface area contributed by atoms with Crippen LogP contribution in [0.5, 0.6) is 0 Å². The Morgan fingerprint density at radius 1 is 1.18 bits per heavy atom. The first-order valence-electron chi connectivity index (χ1n) is 6.03. The fraction of sp³-hybridized carbons (Fsp3) is 0.636. The molecule has 0 saturated carbocycles. The highest BCUT2D eigenvalue weighted by molar-refractivity contribution is 5.44. The number of anilines is 1. The first-order valence-corrected chi connectivity index (χ1v) is 6.03. The van der Waals surface area contributed by atoms with Gasteiger partial charge in [-0.2, -0.15) is 0 Å². The number of fused-ring (bicyclic) bond motifs is 1. The largest absolute Gasteiger partial charge is 0.355 e. The van der Waals surface area contributed by atoms with E-state index < -0.39 is 0 Å². The van der Waals surface area contributed by atoms with Crippen LogP contribution in [0.2, 0.25) is 0 Å². The molecule has 3 heterocycles. The average Bonchev–Trinajstić information content (AvgIpc) is 2.74. The minimum atomic E-state index is 0.687. The van der Waals surface area contributed by atoms with Gasteiger partial charge < -0.3 is 4.90 Å². The van der Waals surface area contributed by atoms with Crippen molar-refractivity contribution in [3.63, 3.8) is 0 Å². The van der Waals surface area contributed by atoms with Crippen molar-refractivity contribution in [2.45, 2.75) is 20.3 Å². The third-order valence-electron chi connectivity index (χ3n) is 3.25. The van der Waals surface area contributed by atoms with Crippen LogP contribution in [0.3, 0.4) is 0 Å². The van der Waals surface area contributed by atoms with Gasteiger partial charge in [-0.15, -0.1) is 14.8 Å². The Labute approximate surface area is 99.6 Å². The second kappa shape index (κ2) is 3.94. The van der Waals surface area contributed by atoms with E-state index in [0.717, 1.165) is 18.9 Å². The van der Waals surface area contributed by atoms with Crippen LogP contribution >= 0.6 is 0 Å². The number of hydrogen-bond donors (Lipinski definition) is 0. The van der Waals surface area contributed by atoms with Gasteiger partial charge in [-0.1, -0.05) is 13.8 Å². The van der Waals surface area contributed by atoms with Gasteiger partial charge in [-0.05, 0) is 40.8 Å². The molecule has 2 aromatic rings. The SMILES string of the molecule is C[C@@H]1C[C@H](C)CN(c2ccc3nnnn3n2)C1. The minimum Gasteiger partial charge on any atom is -0.355 e. The van der Waals surface area contributed by atoms with Gasteiger partial charge in [-0.25, -0.2) is 0 Å². The topological polar surface area (TPSA) is 59.2 Å². The molecule has 2 atom stereocenters. The smallest absolute Gasteiger partial charge is 0.200 e. The van der Waals surface area contributed by atoms with Crippen molar-refractivity contribution >= 4 is 11.5 Å². The van der Waals surface area contributed by atoms with Gasteiger partial charge in [0.1, 0.15) is 0 Å². The highest BCUT2D eigenvalue weighted by Crippen LogP contribution is 2.24. The van der Waals surface area contributed by atoms with Crippen molar-refractivity contribution in [1.29, 1.82) is 0 Å². The van der Waals surface area contributed by atoms with E-state index >= 15 is 0 Å². The van der Waals surface area contributed by atoms with Crippen LogP contribution in [0.1, 0.15) is 20.3 Å². The van der Waals surface area contributed by atoms with Crippen molar-refractivity contribution in [2.24, 2.45) is 11.8 Å². The maximum Gasteiger partial charge on any atom is 0.200 e. The molecule has 0 radical (unpaired) electrons. The molecular formula is C11H16N6. The Bertz CT molecular complexity index is 511. The molecule has 1 aliphatic rings. The summed E-state index contributed by atoms with van der Waals surface area (Å²) in [7, 11) is 0. The first kappa shape index (κ1) is 10.4. The summed E-state index contributed by atoms with van der Waals surface area (Å²) in [4.78, 5) is 2.32. The Morgan fingerprint density at radius 3 is 2.71 bits per heavy atom. The predicted molar refractivity (Wildman–Crippen MR) is 63.7 cm³/mol. The van der Waals surface area contributed by atoms with Crippen molar-refractivity contribution in [3.05, 3.63) is 12.1 Å². The van der Waals surface area contributed by atoms with Crippen LogP contribution in [-0.2, 0) is 0 Å². The second-order valence-electron chi connectivity index (χ2n) is 5.07. The minimum absolute atomic E-state index is 0.687. The van der Waals surface area contributed by atoms with Crippen LogP contribution in [0, 0.1) is 11.8 Å². The van der Waals surface area contributed by atoms with Gasteiger partial charge in [0.05, 0.1) is 0 Å². The number of tetrazole rings is 1. The molecule has 0 aromatic carbocycles. The lowest BCUT2D eigenvalue weighted by molar-refractivity contribution is 0.354. The molecule has 0 amide bonds. The van der Waals surface area contributed by atoms with Crippen molar-refractivity contribution in [3.8, 4) is 0 Å². The van der Waals surface area contributed by atoms with Gasteiger partial charge in [0.2, 0.25) is 0 Å². The van der Waals surface area contributed by atoms with E-state index in [0.29, 0.717) is 17.5 Å². The number of piperidine rings is 1. The van der Waals surface area contributed by atoms with E-state index in [-0.39, 0.29) is 0 Å². The van der Waals surface area contributed by atoms with Crippen LogP contribution in [0.15, 0.2) is 12.1 Å². The van der Waals surface area contributed by atoms with Crippen molar-refractivity contribution in [1.82, 2.24) is 25.3 Å². The van der Waals surface area contributed by atoms with E-state index in [4.69, 9.17) is 0 Å². The zero-order valence-corrected chi connectivity index (χ0v) is 10.1.